The number of hydrogen-bond acceptors (Lipinski definition) is 3. The van der Waals surface area contributed by atoms with Gasteiger partial charge in [-0.3, -0.25) is 4.90 Å². The van der Waals surface area contributed by atoms with Crippen LogP contribution in [0.5, 0.6) is 0 Å². The molecule has 0 amide bonds. The predicted octanol–water partition coefficient (Wildman–Crippen LogP) is 1.36. The summed E-state index contributed by atoms with van der Waals surface area (Å²) in [6.07, 6.45) is 5.13. The van der Waals surface area contributed by atoms with E-state index < -0.39 is 0 Å². The molecule has 0 aromatic carbocycles. The Hall–Kier alpha value is -0.120. The van der Waals surface area contributed by atoms with Crippen molar-refractivity contribution in [1.82, 2.24) is 15.1 Å². The molecule has 0 atom stereocenters. The molecule has 0 aliphatic heterocycles. The van der Waals surface area contributed by atoms with E-state index in [1.165, 1.54) is 25.7 Å². The highest BCUT2D eigenvalue weighted by Gasteiger charge is 2.36. The van der Waals surface area contributed by atoms with Crippen molar-refractivity contribution in [2.45, 2.75) is 44.3 Å². The third-order valence-electron chi connectivity index (χ3n) is 4.18. The second-order valence-corrected chi connectivity index (χ2v) is 4.99. The SMILES string of the molecule is CCN(C)C1(NC)CCC(N(C)C)CC1. The first kappa shape index (κ1) is 12.9. The number of rotatable bonds is 4. The lowest BCUT2D eigenvalue weighted by Gasteiger charge is -2.47. The molecule has 0 heterocycles. The molecule has 1 aliphatic carbocycles. The van der Waals surface area contributed by atoms with Crippen molar-refractivity contribution < 1.29 is 0 Å². The van der Waals surface area contributed by atoms with E-state index in [4.69, 9.17) is 0 Å². The first-order chi connectivity index (χ1) is 7.05. The van der Waals surface area contributed by atoms with Gasteiger partial charge in [0.2, 0.25) is 0 Å². The van der Waals surface area contributed by atoms with Gasteiger partial charge >= 0.3 is 0 Å². The molecular weight excluding hydrogens is 186 g/mol. The molecular formula is C12H27N3. The summed E-state index contributed by atoms with van der Waals surface area (Å²) in [5, 5.41) is 3.53. The molecule has 0 spiro atoms. The summed E-state index contributed by atoms with van der Waals surface area (Å²) in [6, 6.07) is 0.775. The molecule has 15 heavy (non-hydrogen) atoms. The maximum atomic E-state index is 3.53. The van der Waals surface area contributed by atoms with Gasteiger partial charge in [-0.05, 0) is 60.4 Å². The van der Waals surface area contributed by atoms with E-state index in [0.717, 1.165) is 12.6 Å². The summed E-state index contributed by atoms with van der Waals surface area (Å²) in [6.45, 7) is 3.35. The van der Waals surface area contributed by atoms with Gasteiger partial charge in [-0.1, -0.05) is 6.92 Å². The first-order valence-electron chi connectivity index (χ1n) is 6.12. The molecule has 90 valence electrons. The second kappa shape index (κ2) is 5.28. The molecule has 0 unspecified atom stereocenters. The maximum Gasteiger partial charge on any atom is 0.0708 e. The normalized spacial score (nSPS) is 32.6. The zero-order valence-electron chi connectivity index (χ0n) is 11.0. The second-order valence-electron chi connectivity index (χ2n) is 4.99. The summed E-state index contributed by atoms with van der Waals surface area (Å²) in [5.74, 6) is 0. The van der Waals surface area contributed by atoms with Crippen molar-refractivity contribution in [3.05, 3.63) is 0 Å². The highest BCUT2D eigenvalue weighted by atomic mass is 15.3. The molecule has 0 aromatic rings. The van der Waals surface area contributed by atoms with Crippen LogP contribution in [0.15, 0.2) is 0 Å². The quantitative estimate of drug-likeness (QED) is 0.711. The Morgan fingerprint density at radius 2 is 1.73 bits per heavy atom. The summed E-state index contributed by atoms with van der Waals surface area (Å²) in [7, 11) is 8.72. The van der Waals surface area contributed by atoms with Crippen molar-refractivity contribution in [1.29, 1.82) is 0 Å². The van der Waals surface area contributed by atoms with E-state index >= 15 is 0 Å². The third kappa shape index (κ3) is 2.71. The Bertz CT molecular complexity index is 183. The van der Waals surface area contributed by atoms with Crippen LogP contribution in [-0.4, -0.2) is 56.2 Å². The van der Waals surface area contributed by atoms with E-state index in [0.29, 0.717) is 0 Å². The molecule has 0 radical (unpaired) electrons. The van der Waals surface area contributed by atoms with E-state index in [1.54, 1.807) is 0 Å². The molecule has 3 nitrogen and oxygen atoms in total. The average Bonchev–Trinajstić information content (AvgIpc) is 2.27. The number of hydrogen-bond donors (Lipinski definition) is 1. The Kier molecular flexibility index (Phi) is 4.56. The fraction of sp³-hybridized carbons (Fsp3) is 1.00. The highest BCUT2D eigenvalue weighted by molar-refractivity contribution is 4.92. The summed E-state index contributed by atoms with van der Waals surface area (Å²) in [4.78, 5) is 4.82. The third-order valence-corrected chi connectivity index (χ3v) is 4.18. The topological polar surface area (TPSA) is 18.5 Å². The molecule has 1 fully saturated rings. The van der Waals surface area contributed by atoms with Crippen LogP contribution in [0.3, 0.4) is 0 Å². The summed E-state index contributed by atoms with van der Waals surface area (Å²) >= 11 is 0. The predicted molar refractivity (Wildman–Crippen MR) is 66.0 cm³/mol. The van der Waals surface area contributed by atoms with Crippen LogP contribution < -0.4 is 5.32 Å². The monoisotopic (exact) mass is 213 g/mol. The van der Waals surface area contributed by atoms with Crippen LogP contribution >= 0.6 is 0 Å². The van der Waals surface area contributed by atoms with Gasteiger partial charge in [0, 0.05) is 6.04 Å². The van der Waals surface area contributed by atoms with E-state index in [9.17, 15) is 0 Å². The smallest absolute Gasteiger partial charge is 0.0708 e. The van der Waals surface area contributed by atoms with Gasteiger partial charge in [0.1, 0.15) is 0 Å². The maximum absolute atomic E-state index is 3.53. The van der Waals surface area contributed by atoms with E-state index in [1.807, 2.05) is 0 Å². The molecule has 1 rings (SSSR count). The number of nitrogens with one attached hydrogen (secondary N) is 1. The van der Waals surface area contributed by atoms with Gasteiger partial charge in [0.25, 0.3) is 0 Å². The molecule has 0 aromatic heterocycles. The van der Waals surface area contributed by atoms with E-state index in [-0.39, 0.29) is 5.66 Å². The average molecular weight is 213 g/mol. The van der Waals surface area contributed by atoms with E-state index in [2.05, 4.69) is 50.2 Å². The van der Waals surface area contributed by atoms with Crippen LogP contribution in [0.25, 0.3) is 0 Å². The minimum absolute atomic E-state index is 0.251. The minimum atomic E-state index is 0.251. The van der Waals surface area contributed by atoms with Crippen molar-refractivity contribution in [2.24, 2.45) is 0 Å². The molecule has 3 heteroatoms. The standard InChI is InChI=1S/C12H27N3/c1-6-15(5)12(13-2)9-7-11(8-10-12)14(3)4/h11,13H,6-10H2,1-5H3. The lowest BCUT2D eigenvalue weighted by Crippen LogP contribution is -2.59. The van der Waals surface area contributed by atoms with Crippen LogP contribution in [0.1, 0.15) is 32.6 Å². The van der Waals surface area contributed by atoms with Gasteiger partial charge in [0.15, 0.2) is 0 Å². The van der Waals surface area contributed by atoms with Gasteiger partial charge in [0.05, 0.1) is 5.66 Å². The molecule has 1 N–H and O–H groups in total. The summed E-state index contributed by atoms with van der Waals surface area (Å²) in [5.41, 5.74) is 0.251. The van der Waals surface area contributed by atoms with Crippen molar-refractivity contribution in [2.75, 3.05) is 34.7 Å². The van der Waals surface area contributed by atoms with Gasteiger partial charge in [-0.15, -0.1) is 0 Å². The number of nitrogens with zero attached hydrogens (tertiary/aromatic N) is 2. The van der Waals surface area contributed by atoms with Crippen LogP contribution in [0, 0.1) is 0 Å². The fourth-order valence-electron chi connectivity index (χ4n) is 2.72. The Labute approximate surface area is 94.8 Å². The molecule has 0 saturated heterocycles. The lowest BCUT2D eigenvalue weighted by atomic mass is 9.84. The van der Waals surface area contributed by atoms with Crippen LogP contribution in [0.4, 0.5) is 0 Å². The molecule has 1 saturated carbocycles. The van der Waals surface area contributed by atoms with Gasteiger partial charge < -0.3 is 10.2 Å². The minimum Gasteiger partial charge on any atom is -0.306 e. The van der Waals surface area contributed by atoms with Gasteiger partial charge in [-0.2, -0.15) is 0 Å². The van der Waals surface area contributed by atoms with Crippen molar-refractivity contribution in [3.63, 3.8) is 0 Å². The Morgan fingerprint density at radius 3 is 2.07 bits per heavy atom. The Balaban J connectivity index is 2.58. The van der Waals surface area contributed by atoms with Crippen LogP contribution in [0.2, 0.25) is 0 Å². The highest BCUT2D eigenvalue weighted by Crippen LogP contribution is 2.31. The van der Waals surface area contributed by atoms with Gasteiger partial charge in [-0.25, -0.2) is 0 Å². The first-order valence-corrected chi connectivity index (χ1v) is 6.12. The van der Waals surface area contributed by atoms with Crippen molar-refractivity contribution in [3.8, 4) is 0 Å². The molecule has 1 aliphatic rings. The van der Waals surface area contributed by atoms with Crippen LogP contribution in [-0.2, 0) is 0 Å². The zero-order chi connectivity index (χ0) is 11.5. The fourth-order valence-corrected chi connectivity index (χ4v) is 2.72. The zero-order valence-corrected chi connectivity index (χ0v) is 11.0. The Morgan fingerprint density at radius 1 is 1.20 bits per heavy atom. The lowest BCUT2D eigenvalue weighted by molar-refractivity contribution is 0.0293. The summed E-state index contributed by atoms with van der Waals surface area (Å²) < 4.78 is 0. The molecule has 0 bridgehead atoms. The largest absolute Gasteiger partial charge is 0.306 e. The van der Waals surface area contributed by atoms with Crippen molar-refractivity contribution >= 4 is 0 Å².